The van der Waals surface area contributed by atoms with E-state index in [1.807, 2.05) is 4.90 Å². The average molecular weight is 199 g/mol. The van der Waals surface area contributed by atoms with E-state index in [1.54, 1.807) is 6.92 Å². The molecule has 0 radical (unpaired) electrons. The van der Waals surface area contributed by atoms with Crippen LogP contribution in [0.5, 0.6) is 0 Å². The van der Waals surface area contributed by atoms with Gasteiger partial charge in [0.2, 0.25) is 5.91 Å². The van der Waals surface area contributed by atoms with Gasteiger partial charge in [0.25, 0.3) is 0 Å². The minimum Gasteiger partial charge on any atom is -0.343 e. The topological polar surface area (TPSA) is 49.6 Å². The molecule has 0 saturated carbocycles. The number of carbonyl (C=O) groups excluding carboxylic acids is 1. The average Bonchev–Trinajstić information content (AvgIpc) is 2.53. The lowest BCUT2D eigenvalue weighted by molar-refractivity contribution is -0.127. The predicted molar refractivity (Wildman–Crippen MR) is 56.9 cm³/mol. The van der Waals surface area contributed by atoms with Crippen molar-refractivity contribution < 1.29 is 4.79 Å². The van der Waals surface area contributed by atoms with Gasteiger partial charge in [0.05, 0.1) is 0 Å². The Bertz CT molecular complexity index is 196. The summed E-state index contributed by atoms with van der Waals surface area (Å²) in [6.07, 6.45) is 1.13. The Hall–Kier alpha value is -0.610. The van der Waals surface area contributed by atoms with Crippen LogP contribution in [0, 0.1) is 5.92 Å². The minimum absolute atomic E-state index is 0.203. The van der Waals surface area contributed by atoms with Gasteiger partial charge in [0, 0.05) is 39.6 Å². The molecule has 0 aromatic rings. The molecule has 0 unspecified atom stereocenters. The molecule has 1 aliphatic heterocycles. The molecule has 4 heteroatoms. The molecule has 2 N–H and O–H groups in total. The first-order valence-electron chi connectivity index (χ1n) is 5.27. The lowest BCUT2D eigenvalue weighted by Crippen LogP contribution is -2.32. The smallest absolute Gasteiger partial charge is 0.219 e. The fourth-order valence-electron chi connectivity index (χ4n) is 2.02. The summed E-state index contributed by atoms with van der Waals surface area (Å²) in [5.41, 5.74) is 5.47. The first-order valence-corrected chi connectivity index (χ1v) is 5.27. The highest BCUT2D eigenvalue weighted by Crippen LogP contribution is 2.16. The molecular formula is C10H21N3O. The van der Waals surface area contributed by atoms with Crippen molar-refractivity contribution in [1.29, 1.82) is 0 Å². The van der Waals surface area contributed by atoms with Crippen LogP contribution in [-0.2, 0) is 4.79 Å². The fourth-order valence-corrected chi connectivity index (χ4v) is 2.02. The Morgan fingerprint density at radius 2 is 2.36 bits per heavy atom. The van der Waals surface area contributed by atoms with Crippen LogP contribution < -0.4 is 5.73 Å². The quantitative estimate of drug-likeness (QED) is 0.679. The van der Waals surface area contributed by atoms with Crippen molar-refractivity contribution in [2.24, 2.45) is 11.7 Å². The normalized spacial score (nSPS) is 22.0. The van der Waals surface area contributed by atoms with E-state index in [0.717, 1.165) is 32.6 Å². The third-order valence-corrected chi connectivity index (χ3v) is 2.81. The first kappa shape index (κ1) is 11.5. The molecule has 0 aliphatic carbocycles. The zero-order valence-corrected chi connectivity index (χ0v) is 9.20. The highest BCUT2D eigenvalue weighted by atomic mass is 16.2. The Morgan fingerprint density at radius 1 is 1.64 bits per heavy atom. The van der Waals surface area contributed by atoms with Crippen molar-refractivity contribution in [2.45, 2.75) is 13.3 Å². The van der Waals surface area contributed by atoms with Crippen LogP contribution in [0.1, 0.15) is 13.3 Å². The maximum absolute atomic E-state index is 11.1. The summed E-state index contributed by atoms with van der Waals surface area (Å²) < 4.78 is 0. The molecule has 0 aromatic heterocycles. The van der Waals surface area contributed by atoms with Gasteiger partial charge in [0.1, 0.15) is 0 Å². The molecular weight excluding hydrogens is 178 g/mol. The molecule has 1 heterocycles. The third-order valence-electron chi connectivity index (χ3n) is 2.81. The molecule has 14 heavy (non-hydrogen) atoms. The Labute approximate surface area is 86.0 Å². The van der Waals surface area contributed by atoms with E-state index in [9.17, 15) is 4.79 Å². The Morgan fingerprint density at radius 3 is 2.86 bits per heavy atom. The largest absolute Gasteiger partial charge is 0.343 e. The molecule has 1 amide bonds. The summed E-state index contributed by atoms with van der Waals surface area (Å²) in [6, 6.07) is 0. The molecule has 0 bridgehead atoms. The van der Waals surface area contributed by atoms with Gasteiger partial charge in [-0.1, -0.05) is 0 Å². The third kappa shape index (κ3) is 3.27. The first-order chi connectivity index (χ1) is 6.63. The number of amides is 1. The van der Waals surface area contributed by atoms with Crippen molar-refractivity contribution in [3.05, 3.63) is 0 Å². The molecule has 1 rings (SSSR count). The zero-order valence-electron chi connectivity index (χ0n) is 9.20. The van der Waals surface area contributed by atoms with Gasteiger partial charge in [-0.2, -0.15) is 0 Å². The number of rotatable bonds is 4. The molecule has 0 aromatic carbocycles. The molecule has 4 nitrogen and oxygen atoms in total. The van der Waals surface area contributed by atoms with E-state index in [0.29, 0.717) is 12.5 Å². The number of likely N-dealkylation sites (N-methyl/N-ethyl adjacent to an activating group) is 1. The molecule has 0 spiro atoms. The van der Waals surface area contributed by atoms with E-state index >= 15 is 0 Å². The maximum atomic E-state index is 11.1. The second kappa shape index (κ2) is 5.32. The van der Waals surface area contributed by atoms with Crippen LogP contribution in [0.2, 0.25) is 0 Å². The van der Waals surface area contributed by atoms with Crippen molar-refractivity contribution >= 4 is 5.91 Å². The van der Waals surface area contributed by atoms with Gasteiger partial charge in [-0.05, 0) is 19.4 Å². The summed E-state index contributed by atoms with van der Waals surface area (Å²) in [5, 5.41) is 0. The molecule has 1 saturated heterocycles. The van der Waals surface area contributed by atoms with Gasteiger partial charge in [-0.25, -0.2) is 0 Å². The van der Waals surface area contributed by atoms with E-state index < -0.39 is 0 Å². The van der Waals surface area contributed by atoms with Crippen LogP contribution in [-0.4, -0.2) is 55.5 Å². The van der Waals surface area contributed by atoms with E-state index in [-0.39, 0.29) is 5.91 Å². The van der Waals surface area contributed by atoms with Gasteiger partial charge in [-0.15, -0.1) is 0 Å². The number of carbonyl (C=O) groups is 1. The zero-order chi connectivity index (χ0) is 10.6. The fraction of sp³-hybridized carbons (Fsp3) is 0.900. The van der Waals surface area contributed by atoms with Crippen molar-refractivity contribution in [1.82, 2.24) is 9.80 Å². The van der Waals surface area contributed by atoms with Crippen molar-refractivity contribution in [3.63, 3.8) is 0 Å². The van der Waals surface area contributed by atoms with Crippen LogP contribution in [0.3, 0.4) is 0 Å². The number of likely N-dealkylation sites (tertiary alicyclic amines) is 1. The monoisotopic (exact) mass is 199 g/mol. The van der Waals surface area contributed by atoms with Crippen molar-refractivity contribution in [2.75, 3.05) is 39.8 Å². The van der Waals surface area contributed by atoms with E-state index in [1.165, 1.54) is 0 Å². The molecule has 1 fully saturated rings. The molecule has 1 aliphatic rings. The standard InChI is InChI=1S/C10H21N3O/c1-9(14)13-5-3-10(8-13)7-12(2)6-4-11/h10H,3-8,11H2,1-2H3/t10-/m0/s1. The van der Waals surface area contributed by atoms with Crippen molar-refractivity contribution in [3.8, 4) is 0 Å². The van der Waals surface area contributed by atoms with Gasteiger partial charge >= 0.3 is 0 Å². The molecule has 1 atom stereocenters. The minimum atomic E-state index is 0.203. The highest BCUT2D eigenvalue weighted by molar-refractivity contribution is 5.73. The number of hydrogen-bond donors (Lipinski definition) is 1. The Kier molecular flexibility index (Phi) is 4.35. The summed E-state index contributed by atoms with van der Waals surface area (Å²) in [6.45, 7) is 6.20. The van der Waals surface area contributed by atoms with Gasteiger partial charge in [-0.3, -0.25) is 4.79 Å². The second-order valence-electron chi connectivity index (χ2n) is 4.17. The van der Waals surface area contributed by atoms with Gasteiger partial charge in [0.15, 0.2) is 0 Å². The number of nitrogens with zero attached hydrogens (tertiary/aromatic N) is 2. The number of nitrogens with two attached hydrogens (primary N) is 1. The lowest BCUT2D eigenvalue weighted by atomic mass is 10.1. The van der Waals surface area contributed by atoms with Gasteiger partial charge < -0.3 is 15.5 Å². The second-order valence-corrected chi connectivity index (χ2v) is 4.17. The lowest BCUT2D eigenvalue weighted by Gasteiger charge is -2.20. The predicted octanol–water partition coefficient (Wildman–Crippen LogP) is -0.255. The van der Waals surface area contributed by atoms with E-state index in [2.05, 4.69) is 11.9 Å². The number of hydrogen-bond acceptors (Lipinski definition) is 3. The van der Waals surface area contributed by atoms with Crippen LogP contribution in [0.4, 0.5) is 0 Å². The van der Waals surface area contributed by atoms with Crippen LogP contribution >= 0.6 is 0 Å². The molecule has 82 valence electrons. The highest BCUT2D eigenvalue weighted by Gasteiger charge is 2.24. The maximum Gasteiger partial charge on any atom is 0.219 e. The summed E-state index contributed by atoms with van der Waals surface area (Å²) >= 11 is 0. The van der Waals surface area contributed by atoms with E-state index in [4.69, 9.17) is 5.73 Å². The summed E-state index contributed by atoms with van der Waals surface area (Å²) in [7, 11) is 2.09. The SMILES string of the molecule is CC(=O)N1CC[C@@H](CN(C)CCN)C1. The summed E-state index contributed by atoms with van der Waals surface area (Å²) in [5.74, 6) is 0.837. The van der Waals surface area contributed by atoms with Crippen LogP contribution in [0.15, 0.2) is 0 Å². The van der Waals surface area contributed by atoms with Crippen LogP contribution in [0.25, 0.3) is 0 Å². The summed E-state index contributed by atoms with van der Waals surface area (Å²) in [4.78, 5) is 15.3. The Balaban J connectivity index is 2.25.